The summed E-state index contributed by atoms with van der Waals surface area (Å²) in [6.45, 7) is 7.33. The van der Waals surface area contributed by atoms with E-state index >= 15 is 4.39 Å². The van der Waals surface area contributed by atoms with Crippen molar-refractivity contribution in [3.05, 3.63) is 29.6 Å². The Labute approximate surface area is 180 Å². The van der Waals surface area contributed by atoms with Gasteiger partial charge >= 0.3 is 12.0 Å². The number of halogens is 2. The number of nitrogens with one attached hydrogen (secondary N) is 1. The van der Waals surface area contributed by atoms with Gasteiger partial charge in [-0.2, -0.15) is 0 Å². The number of fused-ring (bicyclic) bond motifs is 1. The first-order valence-electron chi connectivity index (χ1n) is 10.3. The molecule has 0 aliphatic carbocycles. The molecule has 2 N–H and O–H groups in total. The van der Waals surface area contributed by atoms with Crippen LogP contribution in [0.15, 0.2) is 18.2 Å². The van der Waals surface area contributed by atoms with E-state index in [0.717, 1.165) is 11.0 Å². The molecule has 9 heteroatoms. The van der Waals surface area contributed by atoms with E-state index in [-0.39, 0.29) is 25.1 Å². The topological polar surface area (TPSA) is 90.0 Å². The number of carboxylic acids is 1. The highest BCUT2D eigenvalue weighted by Gasteiger charge is 2.47. The molecule has 1 aromatic carbocycles. The number of anilines is 1. The van der Waals surface area contributed by atoms with Gasteiger partial charge in [0.05, 0.1) is 23.1 Å². The molecule has 2 aliphatic heterocycles. The molecule has 0 spiro atoms. The maximum absolute atomic E-state index is 15.3. The number of carboxylic acid groups (broad SMARTS) is 1. The van der Waals surface area contributed by atoms with Crippen molar-refractivity contribution >= 4 is 23.6 Å². The van der Waals surface area contributed by atoms with E-state index in [1.165, 1.54) is 12.1 Å². The monoisotopic (exact) mass is 437 g/mol. The number of rotatable bonds is 5. The van der Waals surface area contributed by atoms with E-state index in [0.29, 0.717) is 25.2 Å². The molecule has 1 aromatic rings. The summed E-state index contributed by atoms with van der Waals surface area (Å²) in [6.07, 6.45) is 0.265. The summed E-state index contributed by atoms with van der Waals surface area (Å²) < 4.78 is 29.0. The van der Waals surface area contributed by atoms with E-state index < -0.39 is 40.2 Å². The summed E-state index contributed by atoms with van der Waals surface area (Å²) in [5.74, 6) is -1.98. The number of aliphatic carboxylic acids is 1. The number of piperidine rings is 1. The highest BCUT2D eigenvalue weighted by Crippen LogP contribution is 2.42. The summed E-state index contributed by atoms with van der Waals surface area (Å²) in [6, 6.07) is 3.08. The Hall–Kier alpha value is -2.55. The average molecular weight is 437 g/mol. The van der Waals surface area contributed by atoms with Crippen molar-refractivity contribution in [1.82, 2.24) is 10.2 Å². The number of hydrogen-bond donors (Lipinski definition) is 2. The Morgan fingerprint density at radius 1 is 1.23 bits per heavy atom. The van der Waals surface area contributed by atoms with Crippen LogP contribution >= 0.6 is 0 Å². The number of likely N-dealkylation sites (tertiary alicyclic amines) is 1. The first-order chi connectivity index (χ1) is 14.3. The van der Waals surface area contributed by atoms with Crippen LogP contribution in [0.1, 0.15) is 46.1 Å². The van der Waals surface area contributed by atoms with Crippen LogP contribution in [0.4, 0.5) is 19.3 Å². The third-order valence-electron chi connectivity index (χ3n) is 6.32. The molecule has 2 heterocycles. The van der Waals surface area contributed by atoms with Gasteiger partial charge < -0.3 is 15.3 Å². The van der Waals surface area contributed by atoms with Gasteiger partial charge in [0.2, 0.25) is 5.91 Å². The Kier molecular flexibility index (Phi) is 5.86. The molecule has 0 bridgehead atoms. The van der Waals surface area contributed by atoms with Gasteiger partial charge in [0.15, 0.2) is 0 Å². The van der Waals surface area contributed by atoms with Crippen molar-refractivity contribution in [3.63, 3.8) is 0 Å². The van der Waals surface area contributed by atoms with Gasteiger partial charge in [0, 0.05) is 19.6 Å². The molecule has 3 amide bonds. The number of carbonyl (C=O) groups excluding carboxylic acids is 2. The van der Waals surface area contributed by atoms with Crippen molar-refractivity contribution in [2.75, 3.05) is 31.1 Å². The van der Waals surface area contributed by atoms with Gasteiger partial charge in [-0.1, -0.05) is 6.07 Å². The van der Waals surface area contributed by atoms with E-state index in [1.807, 2.05) is 4.90 Å². The third-order valence-corrected chi connectivity index (χ3v) is 6.32. The molecule has 0 radical (unpaired) electrons. The SMILES string of the molecule is CC(C)(CN1CCC(F)(CNC(=O)N2C(=O)C(C)(C)c3ccc(F)cc32)CC1)C(=O)O. The van der Waals surface area contributed by atoms with E-state index in [1.54, 1.807) is 27.7 Å². The molecule has 0 unspecified atom stereocenters. The largest absolute Gasteiger partial charge is 0.481 e. The number of imide groups is 1. The fraction of sp³-hybridized carbons (Fsp3) is 0.591. The normalized spacial score (nSPS) is 20.5. The summed E-state index contributed by atoms with van der Waals surface area (Å²) in [5, 5.41) is 11.8. The van der Waals surface area contributed by atoms with Gasteiger partial charge in [0.25, 0.3) is 0 Å². The smallest absolute Gasteiger partial charge is 0.328 e. The predicted molar refractivity (Wildman–Crippen MR) is 111 cm³/mol. The highest BCUT2D eigenvalue weighted by molar-refractivity contribution is 6.22. The zero-order chi connectivity index (χ0) is 23.2. The second-order valence-electron chi connectivity index (χ2n) is 9.70. The lowest BCUT2D eigenvalue weighted by atomic mass is 9.86. The molecule has 2 aliphatic rings. The number of amides is 3. The van der Waals surface area contributed by atoms with Crippen molar-refractivity contribution < 1.29 is 28.3 Å². The first kappa shape index (κ1) is 23.1. The fourth-order valence-electron chi connectivity index (χ4n) is 4.15. The minimum absolute atomic E-state index is 0.133. The number of urea groups is 1. The van der Waals surface area contributed by atoms with Crippen LogP contribution in [0, 0.1) is 11.2 Å². The Balaban J connectivity index is 1.62. The predicted octanol–water partition coefficient (Wildman–Crippen LogP) is 3.07. The molecular weight excluding hydrogens is 408 g/mol. The van der Waals surface area contributed by atoms with Gasteiger partial charge in [-0.3, -0.25) is 9.59 Å². The van der Waals surface area contributed by atoms with Crippen molar-refractivity contribution in [1.29, 1.82) is 0 Å². The molecule has 31 heavy (non-hydrogen) atoms. The van der Waals surface area contributed by atoms with Crippen LogP contribution in [0.3, 0.4) is 0 Å². The second kappa shape index (κ2) is 7.85. The minimum Gasteiger partial charge on any atom is -0.481 e. The Morgan fingerprint density at radius 2 is 1.84 bits per heavy atom. The molecule has 0 atom stereocenters. The average Bonchev–Trinajstić information content (AvgIpc) is 2.87. The zero-order valence-corrected chi connectivity index (χ0v) is 18.3. The maximum Gasteiger partial charge on any atom is 0.328 e. The van der Waals surface area contributed by atoms with Gasteiger partial charge in [0.1, 0.15) is 11.5 Å². The standard InChI is InChI=1S/C22H29F2N3O4/c1-20(2,18(29)30)13-26-9-7-22(24,8-10-26)12-25-19(31)27-16-11-14(23)5-6-15(16)21(3,4)17(27)28/h5-6,11H,7-10,12-13H2,1-4H3,(H,25,31)(H,29,30). The van der Waals surface area contributed by atoms with Gasteiger partial charge in [-0.25, -0.2) is 18.5 Å². The van der Waals surface area contributed by atoms with E-state index in [4.69, 9.17) is 0 Å². The fourth-order valence-corrected chi connectivity index (χ4v) is 4.15. The molecule has 170 valence electrons. The summed E-state index contributed by atoms with van der Waals surface area (Å²) in [4.78, 5) is 39.6. The zero-order valence-electron chi connectivity index (χ0n) is 18.3. The summed E-state index contributed by atoms with van der Waals surface area (Å²) in [5.41, 5.74) is -2.88. The van der Waals surface area contributed by atoms with Crippen LogP contribution < -0.4 is 10.2 Å². The molecule has 1 fully saturated rings. The van der Waals surface area contributed by atoms with Crippen molar-refractivity contribution in [2.45, 2.75) is 51.6 Å². The lowest BCUT2D eigenvalue weighted by Crippen LogP contribution is -2.53. The van der Waals surface area contributed by atoms with E-state index in [9.17, 15) is 23.9 Å². The molecule has 7 nitrogen and oxygen atoms in total. The number of carbonyl (C=O) groups is 3. The van der Waals surface area contributed by atoms with Crippen LogP contribution in [0.25, 0.3) is 0 Å². The van der Waals surface area contributed by atoms with Crippen molar-refractivity contribution in [3.8, 4) is 0 Å². The second-order valence-corrected chi connectivity index (χ2v) is 9.70. The molecule has 1 saturated heterocycles. The number of benzene rings is 1. The lowest BCUT2D eigenvalue weighted by Gasteiger charge is -2.39. The summed E-state index contributed by atoms with van der Waals surface area (Å²) >= 11 is 0. The number of nitrogens with zero attached hydrogens (tertiary/aromatic N) is 2. The van der Waals surface area contributed by atoms with Crippen LogP contribution in [0.5, 0.6) is 0 Å². The lowest BCUT2D eigenvalue weighted by molar-refractivity contribution is -0.148. The molecule has 3 rings (SSSR count). The Morgan fingerprint density at radius 3 is 2.42 bits per heavy atom. The highest BCUT2D eigenvalue weighted by atomic mass is 19.1. The molecule has 0 aromatic heterocycles. The van der Waals surface area contributed by atoms with Gasteiger partial charge in [-0.15, -0.1) is 0 Å². The van der Waals surface area contributed by atoms with Crippen molar-refractivity contribution in [2.24, 2.45) is 5.41 Å². The van der Waals surface area contributed by atoms with Crippen LogP contribution in [0.2, 0.25) is 0 Å². The maximum atomic E-state index is 15.3. The number of alkyl halides is 1. The number of hydrogen-bond acceptors (Lipinski definition) is 4. The summed E-state index contributed by atoms with van der Waals surface area (Å²) in [7, 11) is 0. The molecule has 0 saturated carbocycles. The molecular formula is C22H29F2N3O4. The van der Waals surface area contributed by atoms with Gasteiger partial charge in [-0.05, 0) is 58.2 Å². The third kappa shape index (κ3) is 4.42. The quantitative estimate of drug-likeness (QED) is 0.739. The van der Waals surface area contributed by atoms with Crippen LogP contribution in [-0.4, -0.2) is 59.8 Å². The Bertz CT molecular complexity index is 908. The minimum atomic E-state index is -1.66. The first-order valence-corrected chi connectivity index (χ1v) is 10.3. The van der Waals surface area contributed by atoms with Crippen LogP contribution in [-0.2, 0) is 15.0 Å². The van der Waals surface area contributed by atoms with E-state index in [2.05, 4.69) is 5.32 Å².